The quantitative estimate of drug-likeness (QED) is 0.768. The van der Waals surface area contributed by atoms with E-state index in [0.717, 1.165) is 58.7 Å². The van der Waals surface area contributed by atoms with Crippen molar-refractivity contribution in [1.29, 1.82) is 0 Å². The van der Waals surface area contributed by atoms with Crippen molar-refractivity contribution >= 4 is 36.4 Å². The summed E-state index contributed by atoms with van der Waals surface area (Å²) in [5, 5.41) is 6.28. The SMILES string of the molecule is CCN1CCN(c2ccc(C(=O)NCC3CCCNC3)cc2F)CC1.Cl.Cl. The Kier molecular flexibility index (Phi) is 10.4. The molecule has 1 unspecified atom stereocenters. The Morgan fingerprint density at radius 1 is 1.26 bits per heavy atom. The standard InChI is InChI=1S/C19H29FN4O.2ClH/c1-2-23-8-10-24(11-9-23)18-6-5-16(12-17(18)20)19(25)22-14-15-4-3-7-21-13-15;;/h5-6,12,15,21H,2-4,7-11,13-14H2,1H3,(H,22,25);2*1H. The van der Waals surface area contributed by atoms with Crippen molar-refractivity contribution in [2.24, 2.45) is 5.92 Å². The predicted octanol–water partition coefficient (Wildman–Crippen LogP) is 2.54. The number of hydrogen-bond donors (Lipinski definition) is 2. The number of piperidine rings is 1. The van der Waals surface area contributed by atoms with Gasteiger partial charge in [0.05, 0.1) is 5.69 Å². The summed E-state index contributed by atoms with van der Waals surface area (Å²) in [4.78, 5) is 16.7. The first-order chi connectivity index (χ1) is 12.2. The number of nitrogens with zero attached hydrogens (tertiary/aromatic N) is 2. The van der Waals surface area contributed by atoms with Gasteiger partial charge in [0, 0.05) is 38.3 Å². The number of nitrogens with one attached hydrogen (secondary N) is 2. The Labute approximate surface area is 173 Å². The number of likely N-dealkylation sites (N-methyl/N-ethyl adjacent to an activating group) is 1. The fourth-order valence-electron chi connectivity index (χ4n) is 3.65. The molecule has 27 heavy (non-hydrogen) atoms. The van der Waals surface area contributed by atoms with E-state index in [9.17, 15) is 9.18 Å². The summed E-state index contributed by atoms with van der Waals surface area (Å²) in [5.41, 5.74) is 1.00. The molecule has 3 rings (SSSR count). The van der Waals surface area contributed by atoms with Crippen molar-refractivity contribution in [3.8, 4) is 0 Å². The van der Waals surface area contributed by atoms with Crippen molar-refractivity contribution in [2.45, 2.75) is 19.8 Å². The summed E-state index contributed by atoms with van der Waals surface area (Å²) >= 11 is 0. The van der Waals surface area contributed by atoms with E-state index in [1.54, 1.807) is 12.1 Å². The molecule has 1 aromatic carbocycles. The van der Waals surface area contributed by atoms with Crippen molar-refractivity contribution in [3.05, 3.63) is 29.6 Å². The topological polar surface area (TPSA) is 47.6 Å². The van der Waals surface area contributed by atoms with Gasteiger partial charge in [0.2, 0.25) is 0 Å². The molecule has 0 spiro atoms. The number of rotatable bonds is 5. The lowest BCUT2D eigenvalue weighted by atomic mass is 9.99. The van der Waals surface area contributed by atoms with E-state index >= 15 is 0 Å². The third-order valence-corrected chi connectivity index (χ3v) is 5.32. The Balaban J connectivity index is 0.00000182. The average Bonchev–Trinajstić information content (AvgIpc) is 2.67. The van der Waals surface area contributed by atoms with Crippen molar-refractivity contribution < 1.29 is 9.18 Å². The lowest BCUT2D eigenvalue weighted by Gasteiger charge is -2.35. The number of carbonyl (C=O) groups excluding carboxylic acids is 1. The highest BCUT2D eigenvalue weighted by molar-refractivity contribution is 5.94. The first-order valence-electron chi connectivity index (χ1n) is 9.43. The van der Waals surface area contributed by atoms with Gasteiger partial charge in [-0.2, -0.15) is 0 Å². The minimum absolute atomic E-state index is 0. The number of benzene rings is 1. The van der Waals surface area contributed by atoms with Crippen LogP contribution >= 0.6 is 24.8 Å². The maximum Gasteiger partial charge on any atom is 0.251 e. The summed E-state index contributed by atoms with van der Waals surface area (Å²) in [6, 6.07) is 4.85. The van der Waals surface area contributed by atoms with Crippen molar-refractivity contribution in [1.82, 2.24) is 15.5 Å². The minimum atomic E-state index is -0.308. The van der Waals surface area contributed by atoms with E-state index in [-0.39, 0.29) is 36.5 Å². The highest BCUT2D eigenvalue weighted by Gasteiger charge is 2.20. The molecule has 2 aliphatic rings. The predicted molar refractivity (Wildman–Crippen MR) is 113 cm³/mol. The molecule has 2 N–H and O–H groups in total. The van der Waals surface area contributed by atoms with Crippen LogP contribution in [0.25, 0.3) is 0 Å². The Morgan fingerprint density at radius 3 is 2.59 bits per heavy atom. The fraction of sp³-hybridized carbons (Fsp3) is 0.632. The molecular formula is C19H31Cl2FN4O. The van der Waals surface area contributed by atoms with E-state index in [1.807, 2.05) is 0 Å². The lowest BCUT2D eigenvalue weighted by Crippen LogP contribution is -2.46. The molecule has 0 saturated carbocycles. The van der Waals surface area contributed by atoms with E-state index in [2.05, 4.69) is 27.4 Å². The van der Waals surface area contributed by atoms with Crippen molar-refractivity contribution in [2.75, 3.05) is 57.3 Å². The van der Waals surface area contributed by atoms with Gasteiger partial charge in [-0.1, -0.05) is 6.92 Å². The summed E-state index contributed by atoms with van der Waals surface area (Å²) in [6.07, 6.45) is 2.28. The van der Waals surface area contributed by atoms with Crippen LogP contribution in [0.15, 0.2) is 18.2 Å². The van der Waals surface area contributed by atoms with Gasteiger partial charge in [0.25, 0.3) is 5.91 Å². The molecule has 1 amide bonds. The zero-order valence-corrected chi connectivity index (χ0v) is 17.5. The minimum Gasteiger partial charge on any atom is -0.367 e. The summed E-state index contributed by atoms with van der Waals surface area (Å²) in [6.45, 7) is 9.38. The molecule has 1 aromatic rings. The van der Waals surface area contributed by atoms with Crippen LogP contribution in [0.3, 0.4) is 0 Å². The first kappa shape index (κ1) is 24.0. The number of piperazine rings is 1. The highest BCUT2D eigenvalue weighted by atomic mass is 35.5. The van der Waals surface area contributed by atoms with Gasteiger partial charge < -0.3 is 20.4 Å². The Morgan fingerprint density at radius 2 is 2.00 bits per heavy atom. The molecule has 0 aromatic heterocycles. The molecule has 1 atom stereocenters. The number of hydrogen-bond acceptors (Lipinski definition) is 4. The number of carbonyl (C=O) groups is 1. The van der Waals surface area contributed by atoms with Gasteiger partial charge >= 0.3 is 0 Å². The van der Waals surface area contributed by atoms with Crippen LogP contribution in [-0.2, 0) is 0 Å². The van der Waals surface area contributed by atoms with Gasteiger partial charge in [-0.05, 0) is 56.6 Å². The van der Waals surface area contributed by atoms with Crippen LogP contribution in [0.4, 0.5) is 10.1 Å². The monoisotopic (exact) mass is 420 g/mol. The molecule has 154 valence electrons. The van der Waals surface area contributed by atoms with Crippen LogP contribution in [0.5, 0.6) is 0 Å². The first-order valence-corrected chi connectivity index (χ1v) is 9.43. The molecule has 2 saturated heterocycles. The molecule has 8 heteroatoms. The average molecular weight is 421 g/mol. The van der Waals surface area contributed by atoms with E-state index in [0.29, 0.717) is 23.7 Å². The molecular weight excluding hydrogens is 390 g/mol. The summed E-state index contributed by atoms with van der Waals surface area (Å²) in [5.74, 6) is -0.0274. The van der Waals surface area contributed by atoms with E-state index in [1.165, 1.54) is 6.07 Å². The molecule has 5 nitrogen and oxygen atoms in total. The molecule has 2 aliphatic heterocycles. The van der Waals surface area contributed by atoms with Crippen molar-refractivity contribution in [3.63, 3.8) is 0 Å². The number of anilines is 1. The Bertz CT molecular complexity index is 591. The summed E-state index contributed by atoms with van der Waals surface area (Å²) < 4.78 is 14.5. The molecule has 0 aliphatic carbocycles. The number of amides is 1. The molecule has 0 bridgehead atoms. The van der Waals surface area contributed by atoms with Gasteiger partial charge in [-0.15, -0.1) is 24.8 Å². The smallest absolute Gasteiger partial charge is 0.251 e. The third-order valence-electron chi connectivity index (χ3n) is 5.32. The number of halogens is 3. The van der Waals surface area contributed by atoms with Crippen LogP contribution < -0.4 is 15.5 Å². The normalized spacial score (nSPS) is 20.4. The van der Waals surface area contributed by atoms with E-state index in [4.69, 9.17) is 0 Å². The van der Waals surface area contributed by atoms with Crippen LogP contribution in [0.1, 0.15) is 30.1 Å². The zero-order chi connectivity index (χ0) is 17.6. The second-order valence-electron chi connectivity index (χ2n) is 7.01. The molecule has 2 fully saturated rings. The third kappa shape index (κ3) is 6.49. The molecule has 0 radical (unpaired) electrons. The maximum atomic E-state index is 14.5. The van der Waals surface area contributed by atoms with Gasteiger partial charge in [0.15, 0.2) is 0 Å². The van der Waals surface area contributed by atoms with Crippen LogP contribution in [0, 0.1) is 11.7 Å². The molecule has 2 heterocycles. The largest absolute Gasteiger partial charge is 0.367 e. The zero-order valence-electron chi connectivity index (χ0n) is 15.9. The second kappa shape index (κ2) is 11.7. The van der Waals surface area contributed by atoms with Gasteiger partial charge in [-0.3, -0.25) is 4.79 Å². The maximum absolute atomic E-state index is 14.5. The van der Waals surface area contributed by atoms with Gasteiger partial charge in [0.1, 0.15) is 5.82 Å². The fourth-order valence-corrected chi connectivity index (χ4v) is 3.65. The lowest BCUT2D eigenvalue weighted by molar-refractivity contribution is 0.0944. The second-order valence-corrected chi connectivity index (χ2v) is 7.01. The van der Waals surface area contributed by atoms with Crippen LogP contribution in [0.2, 0.25) is 0 Å². The summed E-state index contributed by atoms with van der Waals surface area (Å²) in [7, 11) is 0. The van der Waals surface area contributed by atoms with E-state index < -0.39 is 0 Å². The highest BCUT2D eigenvalue weighted by Crippen LogP contribution is 2.22. The van der Waals surface area contributed by atoms with Crippen LogP contribution in [-0.4, -0.2) is 63.2 Å². The Hall–Kier alpha value is -1.08. The van der Waals surface area contributed by atoms with Gasteiger partial charge in [-0.25, -0.2) is 4.39 Å².